The number of hydrogen-bond donors (Lipinski definition) is 1. The normalized spacial score (nSPS) is 12.7. The fourth-order valence-electron chi connectivity index (χ4n) is 2.55. The number of para-hydroxylation sites is 1. The van der Waals surface area contributed by atoms with Gasteiger partial charge >= 0.3 is 0 Å². The van der Waals surface area contributed by atoms with E-state index in [1.807, 2.05) is 0 Å². The average molecular weight is 263 g/mol. The Morgan fingerprint density at radius 2 is 1.84 bits per heavy atom. The highest BCUT2D eigenvalue weighted by Crippen LogP contribution is 2.22. The number of hydrogen-bond acceptors (Lipinski definition) is 3. The van der Waals surface area contributed by atoms with Crippen LogP contribution in [-0.2, 0) is 6.54 Å². The maximum Gasteiger partial charge on any atom is 0.0414 e. The van der Waals surface area contributed by atoms with E-state index in [1.165, 1.54) is 11.3 Å². The van der Waals surface area contributed by atoms with Gasteiger partial charge in [0.15, 0.2) is 0 Å². The van der Waals surface area contributed by atoms with Gasteiger partial charge in [-0.2, -0.15) is 0 Å². The molecule has 1 unspecified atom stereocenters. The van der Waals surface area contributed by atoms with Gasteiger partial charge in [0.05, 0.1) is 0 Å². The topological polar surface area (TPSA) is 18.5 Å². The molecule has 3 heteroatoms. The van der Waals surface area contributed by atoms with Gasteiger partial charge in [0, 0.05) is 31.4 Å². The van der Waals surface area contributed by atoms with Crippen molar-refractivity contribution < 1.29 is 0 Å². The highest BCUT2D eigenvalue weighted by Gasteiger charge is 2.16. The molecule has 0 aliphatic rings. The standard InChI is InChI=1S/C16H29N3/c1-6-17-12-15-10-8-9-11-16(15)19(7-2)14(3)13-18(4)5/h8-11,14,17H,6-7,12-13H2,1-5H3. The molecule has 0 radical (unpaired) electrons. The fourth-order valence-corrected chi connectivity index (χ4v) is 2.55. The van der Waals surface area contributed by atoms with Crippen molar-refractivity contribution in [2.45, 2.75) is 33.4 Å². The van der Waals surface area contributed by atoms with E-state index < -0.39 is 0 Å². The Bertz CT molecular complexity index is 363. The minimum Gasteiger partial charge on any atom is -0.368 e. The zero-order valence-electron chi connectivity index (χ0n) is 13.1. The van der Waals surface area contributed by atoms with Crippen molar-refractivity contribution in [2.24, 2.45) is 0 Å². The molecule has 0 spiro atoms. The Morgan fingerprint density at radius 3 is 2.42 bits per heavy atom. The maximum absolute atomic E-state index is 3.43. The van der Waals surface area contributed by atoms with E-state index in [9.17, 15) is 0 Å². The second-order valence-corrected chi connectivity index (χ2v) is 5.31. The Balaban J connectivity index is 2.90. The third-order valence-corrected chi connectivity index (χ3v) is 3.37. The van der Waals surface area contributed by atoms with Gasteiger partial charge in [0.2, 0.25) is 0 Å². The Hall–Kier alpha value is -1.06. The molecule has 19 heavy (non-hydrogen) atoms. The van der Waals surface area contributed by atoms with Crippen LogP contribution in [0.1, 0.15) is 26.3 Å². The van der Waals surface area contributed by atoms with Gasteiger partial charge in [-0.25, -0.2) is 0 Å². The van der Waals surface area contributed by atoms with Crippen molar-refractivity contribution in [1.82, 2.24) is 10.2 Å². The lowest BCUT2D eigenvalue weighted by molar-refractivity contribution is 0.372. The summed E-state index contributed by atoms with van der Waals surface area (Å²) in [4.78, 5) is 4.74. The molecule has 0 amide bonds. The van der Waals surface area contributed by atoms with E-state index in [0.717, 1.165) is 26.2 Å². The number of anilines is 1. The zero-order chi connectivity index (χ0) is 14.3. The monoisotopic (exact) mass is 263 g/mol. The van der Waals surface area contributed by atoms with E-state index in [1.54, 1.807) is 0 Å². The number of likely N-dealkylation sites (N-methyl/N-ethyl adjacent to an activating group) is 2. The van der Waals surface area contributed by atoms with Gasteiger partial charge in [-0.1, -0.05) is 25.1 Å². The Kier molecular flexibility index (Phi) is 6.89. The molecule has 0 aromatic heterocycles. The molecule has 0 fully saturated rings. The van der Waals surface area contributed by atoms with Crippen LogP contribution in [0.5, 0.6) is 0 Å². The second-order valence-electron chi connectivity index (χ2n) is 5.31. The highest BCUT2D eigenvalue weighted by molar-refractivity contribution is 5.54. The van der Waals surface area contributed by atoms with Crippen molar-refractivity contribution in [2.75, 3.05) is 38.6 Å². The molecule has 1 aromatic rings. The summed E-state index contributed by atoms with van der Waals surface area (Å²) in [6.07, 6.45) is 0. The smallest absolute Gasteiger partial charge is 0.0414 e. The average Bonchev–Trinajstić information content (AvgIpc) is 2.37. The molecule has 0 saturated heterocycles. The summed E-state index contributed by atoms with van der Waals surface area (Å²) in [5, 5.41) is 3.43. The number of nitrogens with one attached hydrogen (secondary N) is 1. The van der Waals surface area contributed by atoms with Crippen molar-refractivity contribution in [3.8, 4) is 0 Å². The molecule has 1 N–H and O–H groups in total. The SMILES string of the molecule is CCNCc1ccccc1N(CC)C(C)CN(C)C. The van der Waals surface area contributed by atoms with Crippen LogP contribution in [0.4, 0.5) is 5.69 Å². The molecule has 1 aromatic carbocycles. The summed E-state index contributed by atoms with van der Waals surface area (Å²) in [7, 11) is 4.27. The molecular weight excluding hydrogens is 234 g/mol. The molecule has 3 nitrogen and oxygen atoms in total. The summed E-state index contributed by atoms with van der Waals surface area (Å²) < 4.78 is 0. The summed E-state index contributed by atoms with van der Waals surface area (Å²) in [5.41, 5.74) is 2.75. The van der Waals surface area contributed by atoms with Crippen molar-refractivity contribution in [3.05, 3.63) is 29.8 Å². The third kappa shape index (κ3) is 4.84. The molecule has 0 heterocycles. The largest absolute Gasteiger partial charge is 0.368 e. The van der Waals surface area contributed by atoms with Crippen molar-refractivity contribution >= 4 is 5.69 Å². The van der Waals surface area contributed by atoms with Crippen LogP contribution in [0.15, 0.2) is 24.3 Å². The van der Waals surface area contributed by atoms with Gasteiger partial charge in [-0.3, -0.25) is 0 Å². The Labute approximate surface area is 118 Å². The van der Waals surface area contributed by atoms with Crippen LogP contribution in [0.25, 0.3) is 0 Å². The number of benzene rings is 1. The van der Waals surface area contributed by atoms with Gasteiger partial charge in [0.25, 0.3) is 0 Å². The fraction of sp³-hybridized carbons (Fsp3) is 0.625. The quantitative estimate of drug-likeness (QED) is 0.777. The summed E-state index contributed by atoms with van der Waals surface area (Å²) in [6, 6.07) is 9.24. The zero-order valence-corrected chi connectivity index (χ0v) is 13.1. The number of rotatable bonds is 8. The van der Waals surface area contributed by atoms with Crippen LogP contribution >= 0.6 is 0 Å². The first-order valence-corrected chi connectivity index (χ1v) is 7.30. The van der Waals surface area contributed by atoms with Gasteiger partial charge in [-0.05, 0) is 46.1 Å². The lowest BCUT2D eigenvalue weighted by Gasteiger charge is -2.33. The third-order valence-electron chi connectivity index (χ3n) is 3.37. The van der Waals surface area contributed by atoms with E-state index in [-0.39, 0.29) is 0 Å². The van der Waals surface area contributed by atoms with Crippen molar-refractivity contribution in [1.29, 1.82) is 0 Å². The second kappa shape index (κ2) is 8.18. The first-order valence-electron chi connectivity index (χ1n) is 7.30. The first kappa shape index (κ1) is 16.0. The maximum atomic E-state index is 3.43. The van der Waals surface area contributed by atoms with Gasteiger partial charge < -0.3 is 15.1 Å². The van der Waals surface area contributed by atoms with Gasteiger partial charge in [0.1, 0.15) is 0 Å². The summed E-state index contributed by atoms with van der Waals surface area (Å²) in [6.45, 7) is 10.7. The first-order chi connectivity index (χ1) is 9.10. The molecule has 1 rings (SSSR count). The molecule has 0 bridgehead atoms. The predicted molar refractivity (Wildman–Crippen MR) is 84.9 cm³/mol. The molecule has 0 aliphatic heterocycles. The highest BCUT2D eigenvalue weighted by atomic mass is 15.2. The molecule has 0 aliphatic carbocycles. The molecule has 1 atom stereocenters. The van der Waals surface area contributed by atoms with Crippen LogP contribution in [0, 0.1) is 0 Å². The van der Waals surface area contributed by atoms with E-state index >= 15 is 0 Å². The van der Waals surface area contributed by atoms with Gasteiger partial charge in [-0.15, -0.1) is 0 Å². The Morgan fingerprint density at radius 1 is 1.16 bits per heavy atom. The van der Waals surface area contributed by atoms with E-state index in [0.29, 0.717) is 6.04 Å². The van der Waals surface area contributed by atoms with Crippen LogP contribution in [-0.4, -0.2) is 44.7 Å². The minimum absolute atomic E-state index is 0.516. The van der Waals surface area contributed by atoms with Crippen LogP contribution < -0.4 is 10.2 Å². The molecular formula is C16H29N3. The summed E-state index contributed by atoms with van der Waals surface area (Å²) >= 11 is 0. The van der Waals surface area contributed by atoms with Crippen LogP contribution in [0.3, 0.4) is 0 Å². The van der Waals surface area contributed by atoms with E-state index in [4.69, 9.17) is 0 Å². The summed E-state index contributed by atoms with van der Waals surface area (Å²) in [5.74, 6) is 0. The van der Waals surface area contributed by atoms with Crippen LogP contribution in [0.2, 0.25) is 0 Å². The van der Waals surface area contributed by atoms with E-state index in [2.05, 4.69) is 74.2 Å². The predicted octanol–water partition coefficient (Wildman–Crippen LogP) is 2.57. The lowest BCUT2D eigenvalue weighted by Crippen LogP contribution is -2.40. The minimum atomic E-state index is 0.516. The molecule has 0 saturated carbocycles. The van der Waals surface area contributed by atoms with Crippen molar-refractivity contribution in [3.63, 3.8) is 0 Å². The lowest BCUT2D eigenvalue weighted by atomic mass is 10.1. The molecule has 108 valence electrons. The number of nitrogens with zero attached hydrogens (tertiary/aromatic N) is 2.